The van der Waals surface area contributed by atoms with Crippen LogP contribution in [-0.4, -0.2) is 24.5 Å². The van der Waals surface area contributed by atoms with Crippen molar-refractivity contribution in [3.05, 3.63) is 22.8 Å². The van der Waals surface area contributed by atoms with Crippen molar-refractivity contribution in [1.29, 1.82) is 0 Å². The van der Waals surface area contributed by atoms with E-state index in [1.165, 1.54) is 17.4 Å². The van der Waals surface area contributed by atoms with Crippen molar-refractivity contribution < 1.29 is 8.98 Å². The Balaban J connectivity index is 2.26. The van der Waals surface area contributed by atoms with E-state index in [1.807, 2.05) is 6.20 Å². The first-order valence-corrected chi connectivity index (χ1v) is 6.83. The zero-order valence-electron chi connectivity index (χ0n) is 8.50. The SMILES string of the molecule is CC(=O)OS1(C)CCC2=C1C=CNC2. The fraction of sp³-hybridized carbons (Fsp3) is 0.500. The molecule has 0 saturated carbocycles. The van der Waals surface area contributed by atoms with E-state index in [4.69, 9.17) is 4.18 Å². The van der Waals surface area contributed by atoms with Gasteiger partial charge in [0.2, 0.25) is 0 Å². The van der Waals surface area contributed by atoms with E-state index < -0.39 is 10.3 Å². The van der Waals surface area contributed by atoms with Gasteiger partial charge in [-0.25, -0.2) is 0 Å². The van der Waals surface area contributed by atoms with Crippen molar-refractivity contribution in [3.8, 4) is 0 Å². The Morgan fingerprint density at radius 1 is 1.64 bits per heavy atom. The predicted molar refractivity (Wildman–Crippen MR) is 58.9 cm³/mol. The Hall–Kier alpha value is -0.900. The lowest BCUT2D eigenvalue weighted by molar-refractivity contribution is -0.130. The number of carbonyl (C=O) groups excluding carboxylic acids is 1. The quantitative estimate of drug-likeness (QED) is 0.720. The maximum atomic E-state index is 11.0. The predicted octanol–water partition coefficient (Wildman–Crippen LogP) is 1.67. The van der Waals surface area contributed by atoms with Gasteiger partial charge in [0.05, 0.1) is 0 Å². The average molecular weight is 213 g/mol. The van der Waals surface area contributed by atoms with E-state index in [2.05, 4.69) is 17.6 Å². The van der Waals surface area contributed by atoms with Crippen molar-refractivity contribution in [2.24, 2.45) is 0 Å². The number of dihydropyridines is 1. The number of hydrogen-bond acceptors (Lipinski definition) is 3. The van der Waals surface area contributed by atoms with Gasteiger partial charge in [0, 0.05) is 30.4 Å². The number of carbonyl (C=O) groups is 1. The van der Waals surface area contributed by atoms with Gasteiger partial charge >= 0.3 is 5.97 Å². The molecule has 1 unspecified atom stereocenters. The molecule has 0 fully saturated rings. The molecule has 0 aromatic rings. The normalized spacial score (nSPS) is 34.4. The van der Waals surface area contributed by atoms with E-state index in [0.717, 1.165) is 18.7 Å². The highest BCUT2D eigenvalue weighted by Crippen LogP contribution is 2.60. The second-order valence-electron chi connectivity index (χ2n) is 3.72. The first kappa shape index (κ1) is 9.65. The Morgan fingerprint density at radius 2 is 2.43 bits per heavy atom. The van der Waals surface area contributed by atoms with Crippen LogP contribution >= 0.6 is 10.3 Å². The third-order valence-electron chi connectivity index (χ3n) is 2.58. The highest BCUT2D eigenvalue weighted by atomic mass is 32.3. The highest BCUT2D eigenvalue weighted by molar-refractivity contribution is 8.33. The Labute approximate surface area is 85.7 Å². The molecule has 0 amide bonds. The second-order valence-corrected chi connectivity index (χ2v) is 6.74. The molecule has 2 rings (SSSR count). The molecule has 2 heterocycles. The third kappa shape index (κ3) is 1.54. The molecular weight excluding hydrogens is 198 g/mol. The lowest BCUT2D eigenvalue weighted by atomic mass is 10.1. The fourth-order valence-electron chi connectivity index (χ4n) is 1.96. The van der Waals surface area contributed by atoms with Gasteiger partial charge in [-0.15, -0.1) is 0 Å². The van der Waals surface area contributed by atoms with Crippen LogP contribution in [0.4, 0.5) is 0 Å². The van der Waals surface area contributed by atoms with Gasteiger partial charge in [0.25, 0.3) is 0 Å². The number of hydrogen-bond donors (Lipinski definition) is 1. The van der Waals surface area contributed by atoms with Crippen molar-refractivity contribution in [1.82, 2.24) is 5.32 Å². The Bertz CT molecular complexity index is 335. The third-order valence-corrected chi connectivity index (χ3v) is 5.52. The number of allylic oxidation sites excluding steroid dienone is 1. The van der Waals surface area contributed by atoms with Crippen molar-refractivity contribution in [2.75, 3.05) is 18.6 Å². The fourth-order valence-corrected chi connectivity index (χ4v) is 4.64. The molecule has 2 aliphatic rings. The van der Waals surface area contributed by atoms with Crippen LogP contribution in [-0.2, 0) is 8.98 Å². The molecule has 0 bridgehead atoms. The minimum Gasteiger partial charge on any atom is -0.411 e. The van der Waals surface area contributed by atoms with E-state index in [1.54, 1.807) is 0 Å². The largest absolute Gasteiger partial charge is 0.411 e. The summed E-state index contributed by atoms with van der Waals surface area (Å²) in [4.78, 5) is 12.3. The Morgan fingerprint density at radius 3 is 3.14 bits per heavy atom. The van der Waals surface area contributed by atoms with Crippen LogP contribution in [0.15, 0.2) is 22.8 Å². The van der Waals surface area contributed by atoms with E-state index in [9.17, 15) is 4.79 Å². The zero-order valence-corrected chi connectivity index (χ0v) is 9.32. The minimum atomic E-state index is -1.30. The summed E-state index contributed by atoms with van der Waals surface area (Å²) >= 11 is 0. The smallest absolute Gasteiger partial charge is 0.313 e. The van der Waals surface area contributed by atoms with Crippen LogP contribution in [0.25, 0.3) is 0 Å². The number of rotatable bonds is 1. The summed E-state index contributed by atoms with van der Waals surface area (Å²) in [6.45, 7) is 2.40. The van der Waals surface area contributed by atoms with E-state index in [-0.39, 0.29) is 5.97 Å². The molecule has 0 radical (unpaired) electrons. The van der Waals surface area contributed by atoms with Crippen molar-refractivity contribution >= 4 is 16.3 Å². The summed E-state index contributed by atoms with van der Waals surface area (Å²) in [5.41, 5.74) is 1.41. The van der Waals surface area contributed by atoms with Gasteiger partial charge < -0.3 is 9.50 Å². The van der Waals surface area contributed by atoms with Gasteiger partial charge in [-0.3, -0.25) is 4.79 Å². The van der Waals surface area contributed by atoms with Gasteiger partial charge in [-0.05, 0) is 24.3 Å². The standard InChI is InChI=1S/C10H15NO2S/c1-8(12)13-14(2)6-4-9-7-11-5-3-10(9)14/h3,5,11H,4,6-7H2,1-2H3. The minimum absolute atomic E-state index is 0.164. The molecule has 2 aliphatic heterocycles. The van der Waals surface area contributed by atoms with Crippen LogP contribution in [0, 0.1) is 0 Å². The first-order chi connectivity index (χ1) is 6.62. The van der Waals surface area contributed by atoms with Crippen LogP contribution in [0.5, 0.6) is 0 Å². The molecule has 0 spiro atoms. The van der Waals surface area contributed by atoms with Gasteiger partial charge in [-0.2, -0.15) is 0 Å². The molecule has 0 aromatic carbocycles. The molecule has 78 valence electrons. The summed E-state index contributed by atoms with van der Waals surface area (Å²) in [6, 6.07) is 0. The molecule has 1 N–H and O–H groups in total. The second kappa shape index (κ2) is 3.35. The molecule has 0 aromatic heterocycles. The molecule has 14 heavy (non-hydrogen) atoms. The summed E-state index contributed by atoms with van der Waals surface area (Å²) < 4.78 is 5.48. The summed E-state index contributed by atoms with van der Waals surface area (Å²) in [5, 5.41) is 3.18. The molecule has 4 heteroatoms. The van der Waals surface area contributed by atoms with Crippen LogP contribution < -0.4 is 5.32 Å². The molecular formula is C10H15NO2S. The summed E-state index contributed by atoms with van der Waals surface area (Å²) in [6.07, 6.45) is 7.14. The molecule has 3 nitrogen and oxygen atoms in total. The van der Waals surface area contributed by atoms with Crippen LogP contribution in [0.2, 0.25) is 0 Å². The highest BCUT2D eigenvalue weighted by Gasteiger charge is 2.34. The summed E-state index contributed by atoms with van der Waals surface area (Å²) in [5.74, 6) is 0.826. The maximum Gasteiger partial charge on any atom is 0.313 e. The molecule has 0 aliphatic carbocycles. The van der Waals surface area contributed by atoms with Gasteiger partial charge in [-0.1, -0.05) is 10.3 Å². The van der Waals surface area contributed by atoms with Crippen LogP contribution in [0.3, 0.4) is 0 Å². The van der Waals surface area contributed by atoms with Gasteiger partial charge in [0.15, 0.2) is 0 Å². The monoisotopic (exact) mass is 213 g/mol. The average Bonchev–Trinajstić information content (AvgIpc) is 2.44. The lowest BCUT2D eigenvalue weighted by Crippen LogP contribution is -2.14. The first-order valence-electron chi connectivity index (χ1n) is 4.70. The van der Waals surface area contributed by atoms with Gasteiger partial charge in [0.1, 0.15) is 0 Å². The van der Waals surface area contributed by atoms with Crippen molar-refractivity contribution in [3.63, 3.8) is 0 Å². The molecule has 1 atom stereocenters. The maximum absolute atomic E-state index is 11.0. The summed E-state index contributed by atoms with van der Waals surface area (Å²) in [7, 11) is -1.30. The van der Waals surface area contributed by atoms with E-state index in [0.29, 0.717) is 0 Å². The molecule has 0 saturated heterocycles. The number of nitrogens with one attached hydrogen (secondary N) is 1. The zero-order chi connectivity index (χ0) is 10.2. The topological polar surface area (TPSA) is 38.3 Å². The lowest BCUT2D eigenvalue weighted by Gasteiger charge is -2.32. The van der Waals surface area contributed by atoms with Crippen LogP contribution in [0.1, 0.15) is 13.3 Å². The van der Waals surface area contributed by atoms with Crippen molar-refractivity contribution in [2.45, 2.75) is 13.3 Å². The Kier molecular flexibility index (Phi) is 2.31. The van der Waals surface area contributed by atoms with E-state index >= 15 is 0 Å².